The molecule has 1 rings (SSSR count). The SMILES string of the molecule is Cc1ccc(OC(C)(C)CC(=O)O)cc1F. The second-order valence-corrected chi connectivity index (χ2v) is 4.34. The van der Waals surface area contributed by atoms with E-state index in [4.69, 9.17) is 9.84 Å². The van der Waals surface area contributed by atoms with Crippen molar-refractivity contribution in [3.8, 4) is 5.75 Å². The molecule has 0 aromatic heterocycles. The number of carboxylic acids is 1. The Labute approximate surface area is 93.9 Å². The summed E-state index contributed by atoms with van der Waals surface area (Å²) in [6.07, 6.45) is -0.136. The molecule has 4 heteroatoms. The average Bonchev–Trinajstić information content (AvgIpc) is 2.08. The van der Waals surface area contributed by atoms with Gasteiger partial charge in [-0.05, 0) is 32.4 Å². The molecule has 0 unspecified atom stereocenters. The van der Waals surface area contributed by atoms with Crippen molar-refractivity contribution >= 4 is 5.97 Å². The zero-order valence-corrected chi connectivity index (χ0v) is 9.58. The summed E-state index contributed by atoms with van der Waals surface area (Å²) in [7, 11) is 0. The quantitative estimate of drug-likeness (QED) is 0.858. The van der Waals surface area contributed by atoms with E-state index < -0.39 is 11.6 Å². The van der Waals surface area contributed by atoms with Gasteiger partial charge in [0.05, 0.1) is 6.42 Å². The van der Waals surface area contributed by atoms with Crippen LogP contribution in [-0.4, -0.2) is 16.7 Å². The molecule has 0 aliphatic heterocycles. The topological polar surface area (TPSA) is 46.5 Å². The second-order valence-electron chi connectivity index (χ2n) is 4.34. The normalized spacial score (nSPS) is 11.2. The van der Waals surface area contributed by atoms with Gasteiger partial charge in [-0.1, -0.05) is 6.07 Å². The molecule has 0 radical (unpaired) electrons. The van der Waals surface area contributed by atoms with Gasteiger partial charge in [0.25, 0.3) is 0 Å². The van der Waals surface area contributed by atoms with Crippen LogP contribution in [0.25, 0.3) is 0 Å². The zero-order valence-electron chi connectivity index (χ0n) is 9.58. The van der Waals surface area contributed by atoms with Crippen molar-refractivity contribution in [2.24, 2.45) is 0 Å². The van der Waals surface area contributed by atoms with Crippen LogP contribution in [0, 0.1) is 12.7 Å². The number of hydrogen-bond donors (Lipinski definition) is 1. The fourth-order valence-electron chi connectivity index (χ4n) is 1.36. The lowest BCUT2D eigenvalue weighted by Gasteiger charge is -2.24. The lowest BCUT2D eigenvalue weighted by molar-refractivity contribution is -0.140. The minimum absolute atomic E-state index is 0.136. The maximum Gasteiger partial charge on any atom is 0.307 e. The van der Waals surface area contributed by atoms with Crippen molar-refractivity contribution in [1.29, 1.82) is 0 Å². The molecule has 0 spiro atoms. The Hall–Kier alpha value is -1.58. The molecule has 0 aliphatic rings. The summed E-state index contributed by atoms with van der Waals surface area (Å²) in [6, 6.07) is 4.49. The van der Waals surface area contributed by atoms with E-state index in [0.29, 0.717) is 11.3 Å². The van der Waals surface area contributed by atoms with Crippen LogP contribution in [0.5, 0.6) is 5.75 Å². The number of rotatable bonds is 4. The van der Waals surface area contributed by atoms with Gasteiger partial charge in [0, 0.05) is 6.07 Å². The van der Waals surface area contributed by atoms with Crippen LogP contribution in [0.15, 0.2) is 18.2 Å². The predicted octanol–water partition coefficient (Wildman–Crippen LogP) is 2.77. The van der Waals surface area contributed by atoms with Crippen LogP contribution in [0.1, 0.15) is 25.8 Å². The standard InChI is InChI=1S/C12H15FO3/c1-8-4-5-9(6-10(8)13)16-12(2,3)7-11(14)15/h4-6H,7H2,1-3H3,(H,14,15). The average molecular weight is 226 g/mol. The Balaban J connectivity index is 2.79. The number of benzene rings is 1. The molecular formula is C12H15FO3. The Morgan fingerprint density at radius 1 is 1.50 bits per heavy atom. The van der Waals surface area contributed by atoms with E-state index in [9.17, 15) is 9.18 Å². The van der Waals surface area contributed by atoms with E-state index in [1.54, 1.807) is 32.9 Å². The van der Waals surface area contributed by atoms with Crippen molar-refractivity contribution in [3.05, 3.63) is 29.6 Å². The number of halogens is 1. The smallest absolute Gasteiger partial charge is 0.307 e. The Morgan fingerprint density at radius 2 is 2.12 bits per heavy atom. The van der Waals surface area contributed by atoms with Gasteiger partial charge < -0.3 is 9.84 Å². The largest absolute Gasteiger partial charge is 0.487 e. The predicted molar refractivity (Wildman–Crippen MR) is 58.1 cm³/mol. The molecule has 88 valence electrons. The van der Waals surface area contributed by atoms with Crippen molar-refractivity contribution in [2.75, 3.05) is 0 Å². The fourth-order valence-corrected chi connectivity index (χ4v) is 1.36. The first-order chi connectivity index (χ1) is 7.30. The summed E-state index contributed by atoms with van der Waals surface area (Å²) in [5.41, 5.74) is -0.323. The van der Waals surface area contributed by atoms with E-state index in [1.807, 2.05) is 0 Å². The highest BCUT2D eigenvalue weighted by Gasteiger charge is 2.23. The Morgan fingerprint density at radius 3 is 2.62 bits per heavy atom. The molecule has 0 fully saturated rings. The maximum absolute atomic E-state index is 13.2. The number of aliphatic carboxylic acids is 1. The third kappa shape index (κ3) is 3.53. The number of ether oxygens (including phenoxy) is 1. The van der Waals surface area contributed by atoms with Gasteiger partial charge >= 0.3 is 5.97 Å². The van der Waals surface area contributed by atoms with Crippen molar-refractivity contribution in [1.82, 2.24) is 0 Å². The molecule has 1 aromatic rings. The lowest BCUT2D eigenvalue weighted by Crippen LogP contribution is -2.31. The van der Waals surface area contributed by atoms with E-state index >= 15 is 0 Å². The molecule has 0 aliphatic carbocycles. The molecular weight excluding hydrogens is 211 g/mol. The van der Waals surface area contributed by atoms with E-state index in [0.717, 1.165) is 0 Å². The first kappa shape index (κ1) is 12.5. The summed E-state index contributed by atoms with van der Waals surface area (Å²) in [5, 5.41) is 8.67. The molecule has 1 N–H and O–H groups in total. The third-order valence-electron chi connectivity index (χ3n) is 2.11. The summed E-state index contributed by atoms with van der Waals surface area (Å²) in [5.74, 6) is -0.962. The van der Waals surface area contributed by atoms with Crippen LogP contribution < -0.4 is 4.74 Å². The highest BCUT2D eigenvalue weighted by atomic mass is 19.1. The van der Waals surface area contributed by atoms with E-state index in [1.165, 1.54) is 6.07 Å². The molecule has 0 atom stereocenters. The minimum Gasteiger partial charge on any atom is -0.487 e. The summed E-state index contributed by atoms with van der Waals surface area (Å²) >= 11 is 0. The van der Waals surface area contributed by atoms with E-state index in [-0.39, 0.29) is 12.2 Å². The molecule has 0 amide bonds. The van der Waals surface area contributed by atoms with Gasteiger partial charge in [-0.3, -0.25) is 4.79 Å². The number of aryl methyl sites for hydroxylation is 1. The first-order valence-corrected chi connectivity index (χ1v) is 4.97. The van der Waals surface area contributed by atoms with Crippen LogP contribution >= 0.6 is 0 Å². The molecule has 0 saturated heterocycles. The van der Waals surface area contributed by atoms with E-state index in [2.05, 4.69) is 0 Å². The van der Waals surface area contributed by atoms with Crippen LogP contribution in [0.3, 0.4) is 0 Å². The molecule has 0 heterocycles. The number of carbonyl (C=O) groups is 1. The minimum atomic E-state index is -0.947. The van der Waals surface area contributed by atoms with Gasteiger partial charge in [0.1, 0.15) is 17.2 Å². The van der Waals surface area contributed by atoms with Gasteiger partial charge in [0.2, 0.25) is 0 Å². The Bertz CT molecular complexity index is 399. The van der Waals surface area contributed by atoms with Gasteiger partial charge in [0.15, 0.2) is 0 Å². The van der Waals surface area contributed by atoms with Crippen LogP contribution in [0.2, 0.25) is 0 Å². The molecule has 0 saturated carbocycles. The summed E-state index contributed by atoms with van der Waals surface area (Å²) < 4.78 is 18.6. The highest BCUT2D eigenvalue weighted by molar-refractivity contribution is 5.68. The van der Waals surface area contributed by atoms with Crippen molar-refractivity contribution < 1.29 is 19.0 Å². The Kier molecular flexibility index (Phi) is 3.52. The van der Waals surface area contributed by atoms with Gasteiger partial charge in [-0.2, -0.15) is 0 Å². The van der Waals surface area contributed by atoms with Gasteiger partial charge in [-0.15, -0.1) is 0 Å². The second kappa shape index (κ2) is 4.51. The van der Waals surface area contributed by atoms with Crippen molar-refractivity contribution in [2.45, 2.75) is 32.8 Å². The lowest BCUT2D eigenvalue weighted by atomic mass is 10.1. The van der Waals surface area contributed by atoms with Gasteiger partial charge in [-0.25, -0.2) is 4.39 Å². The van der Waals surface area contributed by atoms with Crippen molar-refractivity contribution in [3.63, 3.8) is 0 Å². The third-order valence-corrected chi connectivity index (χ3v) is 2.11. The summed E-state index contributed by atoms with van der Waals surface area (Å²) in [4.78, 5) is 10.6. The van der Waals surface area contributed by atoms with Crippen LogP contribution in [0.4, 0.5) is 4.39 Å². The molecule has 0 bridgehead atoms. The fraction of sp³-hybridized carbons (Fsp3) is 0.417. The number of hydrogen-bond acceptors (Lipinski definition) is 2. The van der Waals surface area contributed by atoms with Crippen LogP contribution in [-0.2, 0) is 4.79 Å². The molecule has 3 nitrogen and oxygen atoms in total. The highest BCUT2D eigenvalue weighted by Crippen LogP contribution is 2.23. The first-order valence-electron chi connectivity index (χ1n) is 4.97. The maximum atomic E-state index is 13.2. The monoisotopic (exact) mass is 226 g/mol. The molecule has 1 aromatic carbocycles. The summed E-state index contributed by atoms with van der Waals surface area (Å²) in [6.45, 7) is 4.96. The zero-order chi connectivity index (χ0) is 12.3. The number of carboxylic acid groups (broad SMARTS) is 1. The molecule has 16 heavy (non-hydrogen) atoms.